The summed E-state index contributed by atoms with van der Waals surface area (Å²) in [4.78, 5) is 33.1. The summed E-state index contributed by atoms with van der Waals surface area (Å²) in [5, 5.41) is 2.86. The Kier molecular flexibility index (Phi) is 5.30. The maximum atomic E-state index is 12.1. The van der Waals surface area contributed by atoms with Gasteiger partial charge in [-0.2, -0.15) is 0 Å². The van der Waals surface area contributed by atoms with Gasteiger partial charge in [0.1, 0.15) is 4.32 Å². The minimum Gasteiger partial charge on any atom is -0.352 e. The number of nitrogens with zero attached hydrogens (tertiary/aromatic N) is 2. The molecule has 1 aromatic carbocycles. The summed E-state index contributed by atoms with van der Waals surface area (Å²) < 4.78 is 0.546. The minimum absolute atomic E-state index is 0.101. The molecule has 1 saturated heterocycles. The van der Waals surface area contributed by atoms with Crippen LogP contribution in [0.25, 0.3) is 6.08 Å². The van der Waals surface area contributed by atoms with Crippen molar-refractivity contribution < 1.29 is 9.59 Å². The molecular formula is C17H16N4O2S2. The van der Waals surface area contributed by atoms with Crippen molar-refractivity contribution in [3.8, 4) is 0 Å². The molecule has 2 amide bonds. The average Bonchev–Trinajstić information content (AvgIpc) is 3.21. The third-order valence-electron chi connectivity index (χ3n) is 3.69. The van der Waals surface area contributed by atoms with Crippen molar-refractivity contribution in [3.05, 3.63) is 58.5 Å². The van der Waals surface area contributed by atoms with Crippen LogP contribution in [0.4, 0.5) is 0 Å². The Morgan fingerprint density at radius 3 is 2.76 bits per heavy atom. The van der Waals surface area contributed by atoms with Crippen LogP contribution in [0.3, 0.4) is 0 Å². The number of H-pyrrole nitrogens is 1. The zero-order valence-electron chi connectivity index (χ0n) is 13.5. The van der Waals surface area contributed by atoms with Gasteiger partial charge in [0.15, 0.2) is 0 Å². The highest BCUT2D eigenvalue weighted by atomic mass is 32.2. The molecule has 128 valence electrons. The Bertz CT molecular complexity index is 829. The van der Waals surface area contributed by atoms with E-state index < -0.39 is 0 Å². The molecular weight excluding hydrogens is 356 g/mol. The average molecular weight is 372 g/mol. The fourth-order valence-electron chi connectivity index (χ4n) is 2.26. The fraction of sp³-hybridized carbons (Fsp3) is 0.176. The number of aromatic amines is 1. The summed E-state index contributed by atoms with van der Waals surface area (Å²) in [5.41, 5.74) is 2.40. The molecule has 1 aliphatic rings. The van der Waals surface area contributed by atoms with E-state index in [0.29, 0.717) is 27.8 Å². The van der Waals surface area contributed by atoms with E-state index in [0.717, 1.165) is 11.3 Å². The SMILES string of the molecule is CN1C(=O)C(=Cc2ccc(C(=O)NCCc3cnc[nH]3)cc2)SC1=S. The molecule has 0 unspecified atom stereocenters. The van der Waals surface area contributed by atoms with Gasteiger partial charge in [0.05, 0.1) is 11.2 Å². The lowest BCUT2D eigenvalue weighted by atomic mass is 10.1. The number of likely N-dealkylation sites (N-methyl/N-ethyl adjacent to an activating group) is 1. The Labute approximate surface area is 154 Å². The van der Waals surface area contributed by atoms with Gasteiger partial charge in [-0.3, -0.25) is 14.5 Å². The van der Waals surface area contributed by atoms with Crippen LogP contribution in [0.5, 0.6) is 0 Å². The van der Waals surface area contributed by atoms with E-state index in [9.17, 15) is 9.59 Å². The molecule has 2 heterocycles. The molecule has 0 atom stereocenters. The minimum atomic E-state index is -0.133. The highest BCUT2D eigenvalue weighted by Crippen LogP contribution is 2.31. The van der Waals surface area contributed by atoms with Crippen molar-refractivity contribution in [2.45, 2.75) is 6.42 Å². The van der Waals surface area contributed by atoms with E-state index in [-0.39, 0.29) is 11.8 Å². The monoisotopic (exact) mass is 372 g/mol. The molecule has 0 spiro atoms. The first-order chi connectivity index (χ1) is 12.0. The zero-order valence-corrected chi connectivity index (χ0v) is 15.1. The predicted octanol–water partition coefficient (Wildman–Crippen LogP) is 2.21. The Morgan fingerprint density at radius 1 is 1.40 bits per heavy atom. The summed E-state index contributed by atoms with van der Waals surface area (Å²) in [5.74, 6) is -0.235. The van der Waals surface area contributed by atoms with Gasteiger partial charge in [0.2, 0.25) is 0 Å². The van der Waals surface area contributed by atoms with Crippen molar-refractivity contribution in [3.63, 3.8) is 0 Å². The summed E-state index contributed by atoms with van der Waals surface area (Å²) in [6, 6.07) is 7.10. The Morgan fingerprint density at radius 2 is 2.16 bits per heavy atom. The highest BCUT2D eigenvalue weighted by molar-refractivity contribution is 8.26. The van der Waals surface area contributed by atoms with Crippen LogP contribution in [0.2, 0.25) is 0 Å². The van der Waals surface area contributed by atoms with Crippen molar-refractivity contribution in [1.82, 2.24) is 20.2 Å². The molecule has 0 aliphatic carbocycles. The number of hydrogen-bond acceptors (Lipinski definition) is 5. The van der Waals surface area contributed by atoms with Crippen LogP contribution in [0.15, 0.2) is 41.7 Å². The standard InChI is InChI=1S/C17H16N4O2S2/c1-21-16(23)14(25-17(21)24)8-11-2-4-12(5-3-11)15(22)19-7-6-13-9-18-10-20-13/h2-5,8-10H,6-7H2,1H3,(H,18,20)(H,19,22). The van der Waals surface area contributed by atoms with Gasteiger partial charge in [0.25, 0.3) is 11.8 Å². The first-order valence-electron chi connectivity index (χ1n) is 7.61. The predicted molar refractivity (Wildman–Crippen MR) is 102 cm³/mol. The van der Waals surface area contributed by atoms with Gasteiger partial charge in [-0.1, -0.05) is 36.1 Å². The lowest BCUT2D eigenvalue weighted by molar-refractivity contribution is -0.121. The number of aromatic nitrogens is 2. The first kappa shape index (κ1) is 17.4. The number of benzene rings is 1. The van der Waals surface area contributed by atoms with E-state index in [1.54, 1.807) is 37.8 Å². The second kappa shape index (κ2) is 7.62. The quantitative estimate of drug-likeness (QED) is 0.622. The van der Waals surface area contributed by atoms with E-state index in [2.05, 4.69) is 15.3 Å². The van der Waals surface area contributed by atoms with Crippen LogP contribution in [0, 0.1) is 0 Å². The molecule has 25 heavy (non-hydrogen) atoms. The summed E-state index contributed by atoms with van der Waals surface area (Å²) in [7, 11) is 1.66. The van der Waals surface area contributed by atoms with Gasteiger partial charge < -0.3 is 10.3 Å². The second-order valence-electron chi connectivity index (χ2n) is 5.45. The number of rotatable bonds is 5. The number of nitrogens with one attached hydrogen (secondary N) is 2. The fourth-order valence-corrected chi connectivity index (χ4v) is 3.44. The number of carbonyl (C=O) groups excluding carboxylic acids is 2. The van der Waals surface area contributed by atoms with E-state index >= 15 is 0 Å². The van der Waals surface area contributed by atoms with Gasteiger partial charge in [-0.15, -0.1) is 0 Å². The van der Waals surface area contributed by atoms with Crippen molar-refractivity contribution in [1.29, 1.82) is 0 Å². The van der Waals surface area contributed by atoms with Crippen molar-refractivity contribution in [2.75, 3.05) is 13.6 Å². The van der Waals surface area contributed by atoms with E-state index in [4.69, 9.17) is 12.2 Å². The molecule has 0 radical (unpaired) electrons. The number of amides is 2. The van der Waals surface area contributed by atoms with Crippen LogP contribution in [-0.4, -0.2) is 44.6 Å². The summed E-state index contributed by atoms with van der Waals surface area (Å²) in [6.45, 7) is 0.530. The third-order valence-corrected chi connectivity index (χ3v) is 5.18. The number of thioether (sulfide) groups is 1. The number of hydrogen-bond donors (Lipinski definition) is 2. The Balaban J connectivity index is 1.59. The largest absolute Gasteiger partial charge is 0.352 e. The normalized spacial score (nSPS) is 15.9. The lowest BCUT2D eigenvalue weighted by Crippen LogP contribution is -2.25. The molecule has 8 heteroatoms. The third kappa shape index (κ3) is 4.15. The molecule has 0 bridgehead atoms. The molecule has 6 nitrogen and oxygen atoms in total. The van der Waals surface area contributed by atoms with Gasteiger partial charge in [-0.25, -0.2) is 4.98 Å². The van der Waals surface area contributed by atoms with Crippen LogP contribution >= 0.6 is 24.0 Å². The van der Waals surface area contributed by atoms with E-state index in [1.165, 1.54) is 16.7 Å². The second-order valence-corrected chi connectivity index (χ2v) is 7.12. The van der Waals surface area contributed by atoms with E-state index in [1.807, 2.05) is 12.1 Å². The number of imidazole rings is 1. The molecule has 3 rings (SSSR count). The topological polar surface area (TPSA) is 78.1 Å². The first-order valence-corrected chi connectivity index (χ1v) is 8.84. The Hall–Kier alpha value is -2.45. The molecule has 1 aliphatic heterocycles. The van der Waals surface area contributed by atoms with Crippen molar-refractivity contribution >= 4 is 46.2 Å². The molecule has 1 aromatic heterocycles. The number of carbonyl (C=O) groups is 2. The number of thiocarbonyl (C=S) groups is 1. The maximum Gasteiger partial charge on any atom is 0.265 e. The van der Waals surface area contributed by atoms with Crippen LogP contribution in [0.1, 0.15) is 21.6 Å². The molecule has 0 saturated carbocycles. The highest BCUT2D eigenvalue weighted by Gasteiger charge is 2.28. The lowest BCUT2D eigenvalue weighted by Gasteiger charge is -2.05. The van der Waals surface area contributed by atoms with Gasteiger partial charge in [0, 0.05) is 37.5 Å². The summed E-state index contributed by atoms with van der Waals surface area (Å²) >= 11 is 6.38. The van der Waals surface area contributed by atoms with Crippen LogP contribution < -0.4 is 5.32 Å². The molecule has 2 aromatic rings. The molecule has 1 fully saturated rings. The van der Waals surface area contributed by atoms with Gasteiger partial charge in [-0.05, 0) is 23.8 Å². The van der Waals surface area contributed by atoms with Gasteiger partial charge >= 0.3 is 0 Å². The van der Waals surface area contributed by atoms with Crippen molar-refractivity contribution in [2.24, 2.45) is 0 Å². The molecule has 2 N–H and O–H groups in total. The smallest absolute Gasteiger partial charge is 0.265 e. The maximum absolute atomic E-state index is 12.1. The van der Waals surface area contributed by atoms with Crippen LogP contribution in [-0.2, 0) is 11.2 Å². The summed E-state index contributed by atoms with van der Waals surface area (Å²) in [6.07, 6.45) is 5.83. The zero-order chi connectivity index (χ0) is 17.8.